The quantitative estimate of drug-likeness (QED) is 0.845. The minimum atomic E-state index is 0.0659. The maximum absolute atomic E-state index is 9.01. The van der Waals surface area contributed by atoms with E-state index in [0.717, 1.165) is 22.5 Å². The number of aliphatic hydroxyl groups is 1. The van der Waals surface area contributed by atoms with Crippen LogP contribution < -0.4 is 10.1 Å². The van der Waals surface area contributed by atoms with Gasteiger partial charge in [-0.1, -0.05) is 24.3 Å². The van der Waals surface area contributed by atoms with E-state index in [1.807, 2.05) is 38.1 Å². The average Bonchev–Trinajstić information content (AvgIpc) is 2.49. The number of hydrogen-bond acceptors (Lipinski definition) is 5. The first-order chi connectivity index (χ1) is 9.74. The number of rotatable bonds is 6. The van der Waals surface area contributed by atoms with Crippen LogP contribution in [0.5, 0.6) is 5.88 Å². The molecule has 0 unspecified atom stereocenters. The molecule has 0 saturated carbocycles. The van der Waals surface area contributed by atoms with Crippen molar-refractivity contribution in [2.45, 2.75) is 27.0 Å². The Balaban J connectivity index is 2.04. The van der Waals surface area contributed by atoms with Crippen LogP contribution in [0, 0.1) is 6.92 Å². The van der Waals surface area contributed by atoms with Crippen LogP contribution in [0.25, 0.3) is 0 Å². The monoisotopic (exact) mass is 273 g/mol. The van der Waals surface area contributed by atoms with E-state index in [-0.39, 0.29) is 6.61 Å². The summed E-state index contributed by atoms with van der Waals surface area (Å²) in [5, 5.41) is 12.3. The van der Waals surface area contributed by atoms with Crippen LogP contribution >= 0.6 is 0 Å². The zero-order chi connectivity index (χ0) is 14.4. The molecule has 0 fully saturated rings. The van der Waals surface area contributed by atoms with Crippen molar-refractivity contribution in [1.29, 1.82) is 0 Å². The average molecular weight is 273 g/mol. The van der Waals surface area contributed by atoms with E-state index in [2.05, 4.69) is 15.3 Å². The second-order valence-electron chi connectivity index (χ2n) is 4.41. The molecule has 20 heavy (non-hydrogen) atoms. The number of nitrogens with zero attached hydrogens (tertiary/aromatic N) is 2. The van der Waals surface area contributed by atoms with Gasteiger partial charge in [0.2, 0.25) is 5.88 Å². The van der Waals surface area contributed by atoms with Gasteiger partial charge in [0.05, 0.1) is 18.8 Å². The lowest BCUT2D eigenvalue weighted by molar-refractivity contribution is 0.282. The van der Waals surface area contributed by atoms with Crippen LogP contribution in [0.15, 0.2) is 30.6 Å². The Morgan fingerprint density at radius 1 is 1.15 bits per heavy atom. The Morgan fingerprint density at radius 2 is 1.85 bits per heavy atom. The first-order valence-corrected chi connectivity index (χ1v) is 6.61. The molecule has 2 N–H and O–H groups in total. The van der Waals surface area contributed by atoms with Gasteiger partial charge in [0, 0.05) is 6.54 Å². The largest absolute Gasteiger partial charge is 0.478 e. The van der Waals surface area contributed by atoms with Gasteiger partial charge in [0.15, 0.2) is 0 Å². The van der Waals surface area contributed by atoms with Crippen molar-refractivity contribution in [1.82, 2.24) is 9.97 Å². The zero-order valence-corrected chi connectivity index (χ0v) is 11.8. The number of benzene rings is 1. The van der Waals surface area contributed by atoms with Crippen molar-refractivity contribution >= 4 is 5.82 Å². The summed E-state index contributed by atoms with van der Waals surface area (Å²) in [4.78, 5) is 8.33. The number of hydrogen-bond donors (Lipinski definition) is 2. The predicted octanol–water partition coefficient (Wildman–Crippen LogP) is 2.29. The minimum Gasteiger partial charge on any atom is -0.478 e. The van der Waals surface area contributed by atoms with E-state index < -0.39 is 0 Å². The normalized spacial score (nSPS) is 10.3. The van der Waals surface area contributed by atoms with Crippen molar-refractivity contribution < 1.29 is 9.84 Å². The van der Waals surface area contributed by atoms with Crippen LogP contribution in [-0.4, -0.2) is 21.7 Å². The lowest BCUT2D eigenvalue weighted by Crippen LogP contribution is -2.06. The molecular formula is C15H19N3O2. The van der Waals surface area contributed by atoms with Gasteiger partial charge in [-0.2, -0.15) is 0 Å². The molecule has 0 saturated heterocycles. The number of nitrogens with one attached hydrogen (secondary N) is 1. The maximum Gasteiger partial charge on any atom is 0.221 e. The second kappa shape index (κ2) is 6.86. The molecule has 0 aliphatic rings. The maximum atomic E-state index is 9.01. The summed E-state index contributed by atoms with van der Waals surface area (Å²) in [6.07, 6.45) is 1.50. The standard InChI is InChI=1S/C15H19N3O2/c1-3-20-15-11(2)14(17-10-18-15)16-8-12-4-6-13(9-19)7-5-12/h4-7,10,19H,3,8-9H2,1-2H3,(H,16,17,18). The summed E-state index contributed by atoms with van der Waals surface area (Å²) in [7, 11) is 0. The third kappa shape index (κ3) is 3.45. The summed E-state index contributed by atoms with van der Waals surface area (Å²) < 4.78 is 5.44. The lowest BCUT2D eigenvalue weighted by Gasteiger charge is -2.11. The van der Waals surface area contributed by atoms with Crippen LogP contribution in [0.3, 0.4) is 0 Å². The minimum absolute atomic E-state index is 0.0659. The van der Waals surface area contributed by atoms with E-state index >= 15 is 0 Å². The second-order valence-corrected chi connectivity index (χ2v) is 4.41. The molecule has 106 valence electrons. The highest BCUT2D eigenvalue weighted by molar-refractivity contribution is 5.48. The fourth-order valence-electron chi connectivity index (χ4n) is 1.84. The highest BCUT2D eigenvalue weighted by Crippen LogP contribution is 2.20. The number of ether oxygens (including phenoxy) is 1. The lowest BCUT2D eigenvalue weighted by atomic mass is 10.1. The molecule has 0 aliphatic carbocycles. The van der Waals surface area contributed by atoms with Crippen LogP contribution in [0.1, 0.15) is 23.6 Å². The van der Waals surface area contributed by atoms with Crippen molar-refractivity contribution in [3.05, 3.63) is 47.3 Å². The molecule has 1 heterocycles. The van der Waals surface area contributed by atoms with E-state index in [1.165, 1.54) is 6.33 Å². The Hall–Kier alpha value is -2.14. The summed E-state index contributed by atoms with van der Waals surface area (Å²) in [6, 6.07) is 7.79. The third-order valence-corrected chi connectivity index (χ3v) is 2.98. The SMILES string of the molecule is CCOc1ncnc(NCc2ccc(CO)cc2)c1C. The summed E-state index contributed by atoms with van der Waals surface area (Å²) >= 11 is 0. The predicted molar refractivity (Wildman–Crippen MR) is 77.6 cm³/mol. The van der Waals surface area contributed by atoms with Crippen LogP contribution in [0.2, 0.25) is 0 Å². The Bertz CT molecular complexity index is 556. The Kier molecular flexibility index (Phi) is 4.90. The highest BCUT2D eigenvalue weighted by Gasteiger charge is 2.07. The zero-order valence-electron chi connectivity index (χ0n) is 11.8. The third-order valence-electron chi connectivity index (χ3n) is 2.98. The van der Waals surface area contributed by atoms with E-state index in [1.54, 1.807) is 0 Å². The van der Waals surface area contributed by atoms with Gasteiger partial charge in [-0.15, -0.1) is 0 Å². The molecule has 5 heteroatoms. The topological polar surface area (TPSA) is 67.3 Å². The van der Waals surface area contributed by atoms with E-state index in [0.29, 0.717) is 19.0 Å². The molecular weight excluding hydrogens is 254 g/mol. The summed E-state index contributed by atoms with van der Waals surface area (Å²) in [5.41, 5.74) is 2.94. The molecule has 1 aromatic carbocycles. The van der Waals surface area contributed by atoms with Crippen LogP contribution in [0.4, 0.5) is 5.82 Å². The van der Waals surface area contributed by atoms with Gasteiger partial charge in [0.25, 0.3) is 0 Å². The molecule has 0 aliphatic heterocycles. The number of aliphatic hydroxyl groups excluding tert-OH is 1. The van der Waals surface area contributed by atoms with Gasteiger partial charge in [-0.05, 0) is 25.0 Å². The van der Waals surface area contributed by atoms with Crippen molar-refractivity contribution in [3.63, 3.8) is 0 Å². The van der Waals surface area contributed by atoms with Gasteiger partial charge in [0.1, 0.15) is 12.1 Å². The van der Waals surface area contributed by atoms with Crippen molar-refractivity contribution in [3.8, 4) is 5.88 Å². The molecule has 0 atom stereocenters. The number of aromatic nitrogens is 2. The van der Waals surface area contributed by atoms with Gasteiger partial charge >= 0.3 is 0 Å². The molecule has 2 aromatic rings. The summed E-state index contributed by atoms with van der Waals surface area (Å²) in [5.74, 6) is 1.38. The van der Waals surface area contributed by atoms with Crippen molar-refractivity contribution in [2.75, 3.05) is 11.9 Å². The fourth-order valence-corrected chi connectivity index (χ4v) is 1.84. The molecule has 0 amide bonds. The van der Waals surface area contributed by atoms with E-state index in [4.69, 9.17) is 9.84 Å². The Morgan fingerprint density at radius 3 is 2.50 bits per heavy atom. The summed E-state index contributed by atoms with van der Waals surface area (Å²) in [6.45, 7) is 5.17. The highest BCUT2D eigenvalue weighted by atomic mass is 16.5. The van der Waals surface area contributed by atoms with Gasteiger partial charge < -0.3 is 15.2 Å². The first-order valence-electron chi connectivity index (χ1n) is 6.61. The van der Waals surface area contributed by atoms with Gasteiger partial charge in [-0.25, -0.2) is 9.97 Å². The molecule has 0 spiro atoms. The molecule has 1 aromatic heterocycles. The van der Waals surface area contributed by atoms with E-state index in [9.17, 15) is 0 Å². The molecule has 0 radical (unpaired) electrons. The number of anilines is 1. The van der Waals surface area contributed by atoms with Crippen molar-refractivity contribution in [2.24, 2.45) is 0 Å². The first kappa shape index (κ1) is 14.3. The van der Waals surface area contributed by atoms with Gasteiger partial charge in [-0.3, -0.25) is 0 Å². The molecule has 0 bridgehead atoms. The van der Waals surface area contributed by atoms with Crippen LogP contribution in [-0.2, 0) is 13.2 Å². The molecule has 5 nitrogen and oxygen atoms in total. The fraction of sp³-hybridized carbons (Fsp3) is 0.333. The molecule has 2 rings (SSSR count). The smallest absolute Gasteiger partial charge is 0.221 e. The Labute approximate surface area is 118 Å².